The van der Waals surface area contributed by atoms with Crippen molar-refractivity contribution in [3.8, 4) is 5.75 Å². The maximum atomic E-state index is 6.28. The first-order valence-electron chi connectivity index (χ1n) is 11.1. The molecule has 2 fully saturated rings. The number of halogens is 1. The van der Waals surface area contributed by atoms with Crippen LogP contribution in [0, 0.1) is 5.92 Å². The van der Waals surface area contributed by atoms with Crippen LogP contribution in [0.15, 0.2) is 78.9 Å². The second-order valence-electron chi connectivity index (χ2n) is 8.70. The number of nitrogens with one attached hydrogen (secondary N) is 1. The number of ether oxygens (including phenoxy) is 1. The fraction of sp³-hybridized carbons (Fsp3) is 0.333. The Labute approximate surface area is 190 Å². The third-order valence-electron chi connectivity index (χ3n) is 6.98. The Morgan fingerprint density at radius 1 is 1.00 bits per heavy atom. The molecule has 2 saturated heterocycles. The average Bonchev–Trinajstić information content (AvgIpc) is 3.42. The van der Waals surface area contributed by atoms with E-state index in [1.54, 1.807) is 7.11 Å². The second kappa shape index (κ2) is 9.04. The van der Waals surface area contributed by atoms with Gasteiger partial charge < -0.3 is 10.1 Å². The molecule has 0 amide bonds. The standard InChI is InChI=1S/C27H29ClN2O/c1-31-24-13-12-23(28)16-22(24)17-29-26-21-14-15-30(18-21)27(26)25(19-8-4-2-5-9-19)20-10-6-3-7-11-20/h2-13,16,21,25-27,29H,14-15,17-18H2,1H3. The number of hydrogen-bond donors (Lipinski definition) is 1. The Morgan fingerprint density at radius 3 is 2.32 bits per heavy atom. The monoisotopic (exact) mass is 432 g/mol. The minimum Gasteiger partial charge on any atom is -0.496 e. The van der Waals surface area contributed by atoms with Gasteiger partial charge in [0.1, 0.15) is 5.75 Å². The van der Waals surface area contributed by atoms with Gasteiger partial charge in [-0.05, 0) is 48.2 Å². The Kier molecular flexibility index (Phi) is 5.99. The molecule has 1 N–H and O–H groups in total. The van der Waals surface area contributed by atoms with Gasteiger partial charge >= 0.3 is 0 Å². The molecular formula is C27H29ClN2O. The minimum absolute atomic E-state index is 0.339. The molecule has 2 aliphatic rings. The van der Waals surface area contributed by atoms with Gasteiger partial charge in [-0.25, -0.2) is 0 Å². The van der Waals surface area contributed by atoms with Crippen molar-refractivity contribution in [3.05, 3.63) is 101 Å². The Hall–Kier alpha value is -2.33. The Balaban J connectivity index is 1.47. The number of fused-ring (bicyclic) bond motifs is 2. The van der Waals surface area contributed by atoms with Gasteiger partial charge in [-0.15, -0.1) is 0 Å². The molecule has 0 aromatic heterocycles. The lowest BCUT2D eigenvalue weighted by Gasteiger charge is -2.39. The molecular weight excluding hydrogens is 404 g/mol. The van der Waals surface area contributed by atoms with Gasteiger partial charge in [0.15, 0.2) is 0 Å². The third kappa shape index (κ3) is 4.10. The number of rotatable bonds is 7. The minimum atomic E-state index is 0.339. The van der Waals surface area contributed by atoms with Crippen LogP contribution in [0.2, 0.25) is 5.02 Å². The molecule has 0 aliphatic carbocycles. The fourth-order valence-electron chi connectivity index (χ4n) is 5.61. The molecule has 5 rings (SSSR count). The highest BCUT2D eigenvalue weighted by Crippen LogP contribution is 2.43. The summed E-state index contributed by atoms with van der Waals surface area (Å²) >= 11 is 6.28. The molecule has 2 heterocycles. The van der Waals surface area contributed by atoms with Crippen LogP contribution in [0.25, 0.3) is 0 Å². The van der Waals surface area contributed by atoms with E-state index in [0.717, 1.165) is 22.9 Å². The molecule has 3 nitrogen and oxygen atoms in total. The zero-order valence-corrected chi connectivity index (χ0v) is 18.6. The molecule has 4 heteroatoms. The molecule has 3 aromatic rings. The normalized spacial score (nSPS) is 24.6. The van der Waals surface area contributed by atoms with E-state index >= 15 is 0 Å². The first kappa shape index (κ1) is 20.6. The van der Waals surface area contributed by atoms with Crippen LogP contribution in [0.3, 0.4) is 0 Å². The van der Waals surface area contributed by atoms with Gasteiger partial charge in [0.05, 0.1) is 7.11 Å². The quantitative estimate of drug-likeness (QED) is 0.545. The van der Waals surface area contributed by atoms with Gasteiger partial charge in [-0.2, -0.15) is 0 Å². The maximum Gasteiger partial charge on any atom is 0.123 e. The van der Waals surface area contributed by atoms with Gasteiger partial charge in [-0.1, -0.05) is 72.3 Å². The van der Waals surface area contributed by atoms with Crippen LogP contribution >= 0.6 is 11.6 Å². The average molecular weight is 433 g/mol. The Bertz CT molecular complexity index is 971. The summed E-state index contributed by atoms with van der Waals surface area (Å²) in [6.07, 6.45) is 1.26. The van der Waals surface area contributed by atoms with E-state index in [1.165, 1.54) is 30.6 Å². The molecule has 0 spiro atoms. The van der Waals surface area contributed by atoms with E-state index in [4.69, 9.17) is 16.3 Å². The smallest absolute Gasteiger partial charge is 0.123 e. The summed E-state index contributed by atoms with van der Waals surface area (Å²) < 4.78 is 5.58. The summed E-state index contributed by atoms with van der Waals surface area (Å²) in [6.45, 7) is 3.11. The van der Waals surface area contributed by atoms with Gasteiger partial charge in [0.25, 0.3) is 0 Å². The van der Waals surface area contributed by atoms with E-state index in [0.29, 0.717) is 23.9 Å². The highest BCUT2D eigenvalue weighted by atomic mass is 35.5. The summed E-state index contributed by atoms with van der Waals surface area (Å²) in [7, 11) is 1.72. The zero-order chi connectivity index (χ0) is 21.2. The molecule has 2 aliphatic heterocycles. The van der Waals surface area contributed by atoms with E-state index in [-0.39, 0.29) is 0 Å². The second-order valence-corrected chi connectivity index (χ2v) is 9.13. The molecule has 160 valence electrons. The third-order valence-corrected chi connectivity index (χ3v) is 7.22. The summed E-state index contributed by atoms with van der Waals surface area (Å²) in [5, 5.41) is 4.67. The van der Waals surface area contributed by atoms with Crippen molar-refractivity contribution in [1.29, 1.82) is 0 Å². The summed E-state index contributed by atoms with van der Waals surface area (Å²) in [5.41, 5.74) is 3.89. The van der Waals surface area contributed by atoms with E-state index < -0.39 is 0 Å². The maximum absolute atomic E-state index is 6.28. The predicted molar refractivity (Wildman–Crippen MR) is 127 cm³/mol. The lowest BCUT2D eigenvalue weighted by atomic mass is 9.78. The van der Waals surface area contributed by atoms with Gasteiger partial charge in [-0.3, -0.25) is 4.90 Å². The summed E-state index contributed by atoms with van der Waals surface area (Å²) in [4.78, 5) is 2.70. The summed E-state index contributed by atoms with van der Waals surface area (Å²) in [5.74, 6) is 1.90. The van der Waals surface area contributed by atoms with Crippen LogP contribution in [-0.2, 0) is 6.54 Å². The van der Waals surface area contributed by atoms with Crippen LogP contribution in [-0.4, -0.2) is 37.2 Å². The van der Waals surface area contributed by atoms with Crippen molar-refractivity contribution in [2.24, 2.45) is 5.92 Å². The predicted octanol–water partition coefficient (Wildman–Crippen LogP) is 5.34. The highest BCUT2D eigenvalue weighted by molar-refractivity contribution is 6.30. The van der Waals surface area contributed by atoms with Crippen LogP contribution in [0.5, 0.6) is 5.75 Å². The highest BCUT2D eigenvalue weighted by Gasteiger charge is 2.49. The molecule has 31 heavy (non-hydrogen) atoms. The number of methoxy groups -OCH3 is 1. The number of benzene rings is 3. The lowest BCUT2D eigenvalue weighted by molar-refractivity contribution is 0.197. The van der Waals surface area contributed by atoms with Crippen molar-refractivity contribution in [2.75, 3.05) is 20.2 Å². The first-order valence-corrected chi connectivity index (χ1v) is 11.5. The number of hydrogen-bond acceptors (Lipinski definition) is 3. The molecule has 4 atom stereocenters. The molecule has 0 radical (unpaired) electrons. The number of nitrogens with zero attached hydrogens (tertiary/aromatic N) is 1. The zero-order valence-electron chi connectivity index (χ0n) is 17.9. The van der Waals surface area contributed by atoms with Crippen molar-refractivity contribution < 1.29 is 4.74 Å². The Morgan fingerprint density at radius 2 is 1.68 bits per heavy atom. The molecule has 4 unspecified atom stereocenters. The number of piperidine rings is 1. The molecule has 3 aromatic carbocycles. The lowest BCUT2D eigenvalue weighted by Crippen LogP contribution is -2.50. The van der Waals surface area contributed by atoms with E-state index in [1.807, 2.05) is 18.2 Å². The van der Waals surface area contributed by atoms with Crippen molar-refractivity contribution in [3.63, 3.8) is 0 Å². The van der Waals surface area contributed by atoms with Crippen molar-refractivity contribution in [2.45, 2.75) is 31.0 Å². The molecule has 2 bridgehead atoms. The molecule has 0 saturated carbocycles. The topological polar surface area (TPSA) is 24.5 Å². The van der Waals surface area contributed by atoms with Crippen molar-refractivity contribution in [1.82, 2.24) is 10.2 Å². The fourth-order valence-corrected chi connectivity index (χ4v) is 5.81. The van der Waals surface area contributed by atoms with Crippen LogP contribution in [0.4, 0.5) is 0 Å². The van der Waals surface area contributed by atoms with E-state index in [2.05, 4.69) is 70.9 Å². The summed E-state index contributed by atoms with van der Waals surface area (Å²) in [6, 6.07) is 28.7. The van der Waals surface area contributed by atoms with E-state index in [9.17, 15) is 0 Å². The first-order chi connectivity index (χ1) is 15.2. The van der Waals surface area contributed by atoms with Gasteiger partial charge in [0, 0.05) is 41.7 Å². The van der Waals surface area contributed by atoms with Crippen molar-refractivity contribution >= 4 is 11.6 Å². The SMILES string of the molecule is COc1ccc(Cl)cc1CNC1C2CCN(C2)C1C(c1ccccc1)c1ccccc1. The largest absolute Gasteiger partial charge is 0.496 e. The van der Waals surface area contributed by atoms with Gasteiger partial charge in [0.2, 0.25) is 0 Å². The van der Waals surface area contributed by atoms with Crippen LogP contribution < -0.4 is 10.1 Å². The van der Waals surface area contributed by atoms with Crippen LogP contribution in [0.1, 0.15) is 29.0 Å².